The van der Waals surface area contributed by atoms with E-state index in [0.29, 0.717) is 6.42 Å². The van der Waals surface area contributed by atoms with E-state index in [1.165, 1.54) is 12.7 Å². The van der Waals surface area contributed by atoms with Crippen molar-refractivity contribution in [1.82, 2.24) is 0 Å². The van der Waals surface area contributed by atoms with Crippen LogP contribution in [0.2, 0.25) is 18.1 Å². The van der Waals surface area contributed by atoms with Gasteiger partial charge in [-0.2, -0.15) is 0 Å². The summed E-state index contributed by atoms with van der Waals surface area (Å²) in [5.41, 5.74) is 2.12. The monoisotopic (exact) mass is 522 g/mol. The molecule has 0 bridgehead atoms. The van der Waals surface area contributed by atoms with E-state index in [4.69, 9.17) is 20.8 Å². The van der Waals surface area contributed by atoms with Crippen LogP contribution in [0.15, 0.2) is 36.4 Å². The highest BCUT2D eigenvalue weighted by Gasteiger charge is 2.48. The Balaban J connectivity index is 2.26. The fourth-order valence-corrected chi connectivity index (χ4v) is 6.35. The third kappa shape index (κ3) is 7.92. The van der Waals surface area contributed by atoms with Crippen molar-refractivity contribution in [1.29, 1.82) is 0 Å². The minimum Gasteiger partial charge on any atom is -0.469 e. The summed E-state index contributed by atoms with van der Waals surface area (Å²) in [4.78, 5) is 11.3. The van der Waals surface area contributed by atoms with E-state index in [9.17, 15) is 9.90 Å². The molecular formula is C29H47ClO4Si. The highest BCUT2D eigenvalue weighted by atomic mass is 35.5. The maximum atomic E-state index is 11.3. The van der Waals surface area contributed by atoms with Crippen LogP contribution in [-0.4, -0.2) is 44.6 Å². The van der Waals surface area contributed by atoms with Crippen LogP contribution in [0.1, 0.15) is 83.8 Å². The van der Waals surface area contributed by atoms with Gasteiger partial charge in [-0.1, -0.05) is 71.0 Å². The zero-order chi connectivity index (χ0) is 26.4. The quantitative estimate of drug-likeness (QED) is 0.108. The number of esters is 1. The van der Waals surface area contributed by atoms with Gasteiger partial charge in [0.15, 0.2) is 8.32 Å². The predicted octanol–water partition coefficient (Wildman–Crippen LogP) is 7.35. The van der Waals surface area contributed by atoms with E-state index in [2.05, 4.69) is 84.1 Å². The maximum absolute atomic E-state index is 11.3. The summed E-state index contributed by atoms with van der Waals surface area (Å²) in [6, 6.07) is 8.72. The van der Waals surface area contributed by atoms with Gasteiger partial charge < -0.3 is 14.3 Å². The minimum absolute atomic E-state index is 0.0445. The van der Waals surface area contributed by atoms with Gasteiger partial charge in [0, 0.05) is 23.1 Å². The van der Waals surface area contributed by atoms with Crippen LogP contribution in [-0.2, 0) is 19.4 Å². The Bertz CT molecular complexity index is 841. The molecule has 198 valence electrons. The molecule has 1 aromatic rings. The second kappa shape index (κ2) is 12.4. The molecule has 0 heterocycles. The summed E-state index contributed by atoms with van der Waals surface area (Å²) in [6.45, 7) is 15.7. The Morgan fingerprint density at radius 1 is 1.14 bits per heavy atom. The molecule has 6 heteroatoms. The lowest BCUT2D eigenvalue weighted by Crippen LogP contribution is -2.44. The van der Waals surface area contributed by atoms with Crippen LogP contribution in [0, 0.1) is 5.92 Å². The second-order valence-corrected chi connectivity index (χ2v) is 17.5. The summed E-state index contributed by atoms with van der Waals surface area (Å²) >= 11 is 6.99. The molecular weight excluding hydrogens is 476 g/mol. The van der Waals surface area contributed by atoms with Gasteiger partial charge in [-0.15, -0.1) is 11.6 Å². The molecule has 0 saturated heterocycles. The Kier molecular flexibility index (Phi) is 10.7. The van der Waals surface area contributed by atoms with Crippen molar-refractivity contribution >= 4 is 25.9 Å². The van der Waals surface area contributed by atoms with Crippen molar-refractivity contribution < 1.29 is 19.1 Å². The molecule has 0 radical (unpaired) electrons. The third-order valence-corrected chi connectivity index (χ3v) is 13.1. The molecule has 35 heavy (non-hydrogen) atoms. The summed E-state index contributed by atoms with van der Waals surface area (Å²) in [7, 11) is -0.538. The van der Waals surface area contributed by atoms with Crippen molar-refractivity contribution in [3.8, 4) is 0 Å². The number of unbranched alkanes of at least 4 members (excludes halogenated alkanes) is 1. The van der Waals surface area contributed by atoms with E-state index in [1.54, 1.807) is 0 Å². The van der Waals surface area contributed by atoms with E-state index in [0.717, 1.165) is 31.2 Å². The van der Waals surface area contributed by atoms with Crippen LogP contribution < -0.4 is 0 Å². The number of aliphatic hydroxyl groups excluding tert-OH is 1. The van der Waals surface area contributed by atoms with Crippen LogP contribution in [0.25, 0.3) is 0 Å². The molecule has 0 aromatic heterocycles. The average Bonchev–Trinajstić information content (AvgIpc) is 3.09. The van der Waals surface area contributed by atoms with Crippen molar-refractivity contribution in [3.63, 3.8) is 0 Å². The number of hydrogen-bond acceptors (Lipinski definition) is 4. The zero-order valence-corrected chi connectivity index (χ0v) is 24.8. The van der Waals surface area contributed by atoms with E-state index < -0.39 is 8.32 Å². The van der Waals surface area contributed by atoms with Gasteiger partial charge in [-0.25, -0.2) is 0 Å². The molecule has 1 fully saturated rings. The van der Waals surface area contributed by atoms with Crippen molar-refractivity contribution in [2.24, 2.45) is 5.92 Å². The molecule has 1 aliphatic carbocycles. The predicted molar refractivity (Wildman–Crippen MR) is 149 cm³/mol. The number of carbonyl (C=O) groups is 1. The molecule has 1 saturated carbocycles. The number of halogens is 1. The van der Waals surface area contributed by atoms with Gasteiger partial charge in [0.2, 0.25) is 0 Å². The van der Waals surface area contributed by atoms with Gasteiger partial charge >= 0.3 is 5.97 Å². The van der Waals surface area contributed by atoms with Crippen LogP contribution >= 0.6 is 11.6 Å². The van der Waals surface area contributed by atoms with Crippen LogP contribution in [0.5, 0.6) is 0 Å². The van der Waals surface area contributed by atoms with Crippen molar-refractivity contribution in [2.45, 2.75) is 108 Å². The highest BCUT2D eigenvalue weighted by molar-refractivity contribution is 6.74. The van der Waals surface area contributed by atoms with Gasteiger partial charge in [0.1, 0.15) is 0 Å². The number of hydrogen-bond donors (Lipinski definition) is 1. The van der Waals surface area contributed by atoms with E-state index >= 15 is 0 Å². The van der Waals surface area contributed by atoms with E-state index in [1.807, 2.05) is 0 Å². The third-order valence-electron chi connectivity index (χ3n) is 8.06. The number of benzene rings is 1. The SMILES string of the molecule is COC(=O)CCC/C=C\C[C@@H]1C(c2ccc(C(C)(C)CO)cc2)[C@@H](O[Si](C)(C)C(C)(C)C)C[C@H]1Cl. The Labute approximate surface area is 219 Å². The molecule has 1 N–H and O–H groups in total. The number of methoxy groups -OCH3 is 1. The molecule has 4 atom stereocenters. The first-order chi connectivity index (χ1) is 16.2. The zero-order valence-electron chi connectivity index (χ0n) is 23.1. The first-order valence-electron chi connectivity index (χ1n) is 13.0. The molecule has 1 aromatic carbocycles. The number of aliphatic hydroxyl groups is 1. The topological polar surface area (TPSA) is 55.8 Å². The molecule has 1 unspecified atom stereocenters. The summed E-state index contributed by atoms with van der Waals surface area (Å²) in [5, 5.41) is 9.96. The first-order valence-corrected chi connectivity index (χ1v) is 16.3. The molecule has 0 aliphatic heterocycles. The number of alkyl halides is 1. The highest BCUT2D eigenvalue weighted by Crippen LogP contribution is 2.49. The van der Waals surface area contributed by atoms with Crippen molar-refractivity contribution in [2.75, 3.05) is 13.7 Å². The Morgan fingerprint density at radius 3 is 2.31 bits per heavy atom. The van der Waals surface area contributed by atoms with E-state index in [-0.39, 0.29) is 46.3 Å². The molecule has 2 rings (SSSR count). The van der Waals surface area contributed by atoms with Crippen LogP contribution in [0.3, 0.4) is 0 Å². The summed E-state index contributed by atoms with van der Waals surface area (Å²) in [5.74, 6) is 0.339. The Hall–Kier alpha value is -1.14. The fraction of sp³-hybridized carbons (Fsp3) is 0.690. The second-order valence-electron chi connectivity index (χ2n) is 12.2. The largest absolute Gasteiger partial charge is 0.469 e. The molecule has 4 nitrogen and oxygen atoms in total. The number of ether oxygens (including phenoxy) is 1. The smallest absolute Gasteiger partial charge is 0.305 e. The number of carbonyl (C=O) groups excluding carboxylic acids is 1. The Morgan fingerprint density at radius 2 is 1.77 bits per heavy atom. The standard InChI is InChI=1S/C29H47ClO4Si/c1-28(2,3)35(7,8)34-25-19-24(30)23(13-11-9-10-12-14-26(32)33-6)27(25)21-15-17-22(18-16-21)29(4,5)20-31/h9,11,15-18,23-25,27,31H,10,12-14,19-20H2,1-8H3/b11-9-/t23-,24+,25-,27?/m0/s1. The lowest BCUT2D eigenvalue weighted by Gasteiger charge is -2.40. The maximum Gasteiger partial charge on any atom is 0.305 e. The van der Waals surface area contributed by atoms with Gasteiger partial charge in [-0.05, 0) is 60.9 Å². The molecule has 0 spiro atoms. The average molecular weight is 523 g/mol. The summed E-state index contributed by atoms with van der Waals surface area (Å²) in [6.07, 6.45) is 8.31. The fourth-order valence-electron chi connectivity index (χ4n) is 4.56. The number of rotatable bonds is 11. The van der Waals surface area contributed by atoms with Gasteiger partial charge in [0.25, 0.3) is 0 Å². The van der Waals surface area contributed by atoms with Gasteiger partial charge in [0.05, 0.1) is 19.8 Å². The minimum atomic E-state index is -1.97. The molecule has 1 aliphatic rings. The normalized spacial score (nSPS) is 23.7. The molecule has 0 amide bonds. The lowest BCUT2D eigenvalue weighted by molar-refractivity contribution is -0.140. The van der Waals surface area contributed by atoms with Gasteiger partial charge in [-0.3, -0.25) is 4.79 Å². The number of allylic oxidation sites excluding steroid dienone is 2. The summed E-state index contributed by atoms with van der Waals surface area (Å²) < 4.78 is 11.7. The van der Waals surface area contributed by atoms with Crippen molar-refractivity contribution in [3.05, 3.63) is 47.5 Å². The lowest BCUT2D eigenvalue weighted by atomic mass is 9.81. The van der Waals surface area contributed by atoms with Crippen LogP contribution in [0.4, 0.5) is 0 Å². The first kappa shape index (κ1) is 30.1.